The number of benzene rings is 1. The van der Waals surface area contributed by atoms with Crippen LogP contribution in [0.4, 0.5) is 11.5 Å². The fourth-order valence-electron chi connectivity index (χ4n) is 1.28. The van der Waals surface area contributed by atoms with Gasteiger partial charge < -0.3 is 5.32 Å². The molecule has 0 radical (unpaired) electrons. The molecule has 0 aliphatic heterocycles. The second kappa shape index (κ2) is 3.41. The van der Waals surface area contributed by atoms with Crippen molar-refractivity contribution < 1.29 is 0 Å². The standard InChI is InChI=1S/C10H11N3O/c1-7-3-2-4-8(5-7)11-9-6-10(14)13-12-9/h2-6H,1H3,(H3,11,12,13,14). The summed E-state index contributed by atoms with van der Waals surface area (Å²) in [4.78, 5) is 10.8. The molecular weight excluding hydrogens is 178 g/mol. The summed E-state index contributed by atoms with van der Waals surface area (Å²) in [5.41, 5.74) is 1.99. The molecule has 2 aromatic rings. The van der Waals surface area contributed by atoms with Crippen LogP contribution in [0.25, 0.3) is 0 Å². The van der Waals surface area contributed by atoms with Gasteiger partial charge in [-0.05, 0) is 24.6 Å². The highest BCUT2D eigenvalue weighted by atomic mass is 16.1. The Hall–Kier alpha value is -1.97. The molecule has 0 atom stereocenters. The Labute approximate surface area is 81.0 Å². The highest BCUT2D eigenvalue weighted by Crippen LogP contribution is 2.13. The van der Waals surface area contributed by atoms with Gasteiger partial charge in [-0.3, -0.25) is 15.0 Å². The highest BCUT2D eigenvalue weighted by Gasteiger charge is 1.96. The van der Waals surface area contributed by atoms with Crippen LogP contribution in [0.2, 0.25) is 0 Å². The zero-order valence-corrected chi connectivity index (χ0v) is 7.79. The van der Waals surface area contributed by atoms with Crippen LogP contribution in [0.3, 0.4) is 0 Å². The predicted octanol–water partition coefficient (Wildman–Crippen LogP) is 1.76. The molecule has 0 aliphatic carbocycles. The number of aryl methyl sites for hydroxylation is 1. The zero-order chi connectivity index (χ0) is 9.97. The van der Waals surface area contributed by atoms with E-state index in [0.717, 1.165) is 5.69 Å². The third kappa shape index (κ3) is 1.85. The summed E-state index contributed by atoms with van der Waals surface area (Å²) in [5.74, 6) is 0.667. The van der Waals surface area contributed by atoms with Gasteiger partial charge in [-0.2, -0.15) is 0 Å². The molecule has 0 saturated carbocycles. The van der Waals surface area contributed by atoms with Crippen molar-refractivity contribution in [3.63, 3.8) is 0 Å². The van der Waals surface area contributed by atoms with E-state index >= 15 is 0 Å². The minimum atomic E-state index is -0.139. The largest absolute Gasteiger partial charge is 0.341 e. The SMILES string of the molecule is Cc1cccc(Nc2cc(=O)[nH][nH]2)c1. The molecule has 0 saturated heterocycles. The van der Waals surface area contributed by atoms with Gasteiger partial charge in [-0.25, -0.2) is 0 Å². The van der Waals surface area contributed by atoms with Crippen molar-refractivity contribution in [1.29, 1.82) is 0 Å². The summed E-state index contributed by atoms with van der Waals surface area (Å²) in [6.07, 6.45) is 0. The molecule has 72 valence electrons. The van der Waals surface area contributed by atoms with Crippen molar-refractivity contribution >= 4 is 11.5 Å². The van der Waals surface area contributed by atoms with Crippen molar-refractivity contribution in [2.45, 2.75) is 6.92 Å². The Kier molecular flexibility index (Phi) is 2.10. The van der Waals surface area contributed by atoms with E-state index in [-0.39, 0.29) is 5.56 Å². The lowest BCUT2D eigenvalue weighted by Gasteiger charge is -2.03. The van der Waals surface area contributed by atoms with Crippen molar-refractivity contribution in [3.05, 3.63) is 46.2 Å². The van der Waals surface area contributed by atoms with Crippen molar-refractivity contribution in [3.8, 4) is 0 Å². The molecule has 0 unspecified atom stereocenters. The van der Waals surface area contributed by atoms with E-state index in [4.69, 9.17) is 0 Å². The summed E-state index contributed by atoms with van der Waals surface area (Å²) in [7, 11) is 0. The molecule has 1 aromatic heterocycles. The molecule has 4 heteroatoms. The maximum Gasteiger partial charge on any atom is 0.266 e. The quantitative estimate of drug-likeness (QED) is 0.674. The summed E-state index contributed by atoms with van der Waals surface area (Å²) in [6, 6.07) is 9.40. The molecule has 0 fully saturated rings. The van der Waals surface area contributed by atoms with Crippen molar-refractivity contribution in [1.82, 2.24) is 10.2 Å². The molecule has 14 heavy (non-hydrogen) atoms. The first-order valence-corrected chi connectivity index (χ1v) is 4.35. The second-order valence-corrected chi connectivity index (χ2v) is 3.17. The lowest BCUT2D eigenvalue weighted by atomic mass is 10.2. The van der Waals surface area contributed by atoms with Crippen LogP contribution in [0, 0.1) is 6.92 Å². The smallest absolute Gasteiger partial charge is 0.266 e. The van der Waals surface area contributed by atoms with E-state index in [0.29, 0.717) is 5.82 Å². The van der Waals surface area contributed by atoms with Crippen molar-refractivity contribution in [2.75, 3.05) is 5.32 Å². The molecule has 2 rings (SSSR count). The Morgan fingerprint density at radius 1 is 1.21 bits per heavy atom. The number of aromatic amines is 2. The van der Waals surface area contributed by atoms with Crippen LogP contribution in [-0.2, 0) is 0 Å². The van der Waals surface area contributed by atoms with Crippen LogP contribution in [-0.4, -0.2) is 10.2 Å². The lowest BCUT2D eigenvalue weighted by Crippen LogP contribution is -1.94. The number of H-pyrrole nitrogens is 2. The van der Waals surface area contributed by atoms with Gasteiger partial charge in [-0.15, -0.1) is 0 Å². The monoisotopic (exact) mass is 189 g/mol. The fourth-order valence-corrected chi connectivity index (χ4v) is 1.28. The molecule has 0 aliphatic rings. The summed E-state index contributed by atoms with van der Waals surface area (Å²) in [5, 5.41) is 8.26. The summed E-state index contributed by atoms with van der Waals surface area (Å²) < 4.78 is 0. The third-order valence-electron chi connectivity index (χ3n) is 1.89. The topological polar surface area (TPSA) is 60.7 Å². The van der Waals surface area contributed by atoms with Gasteiger partial charge in [0.25, 0.3) is 5.56 Å². The van der Waals surface area contributed by atoms with E-state index < -0.39 is 0 Å². The van der Waals surface area contributed by atoms with Crippen LogP contribution in [0.1, 0.15) is 5.56 Å². The van der Waals surface area contributed by atoms with Gasteiger partial charge in [0.1, 0.15) is 5.82 Å². The molecule has 0 spiro atoms. The number of aromatic nitrogens is 2. The van der Waals surface area contributed by atoms with Gasteiger partial charge in [0.15, 0.2) is 0 Å². The van der Waals surface area contributed by atoms with E-state index in [1.54, 1.807) is 0 Å². The molecule has 0 bridgehead atoms. The lowest BCUT2D eigenvalue weighted by molar-refractivity contribution is 1.06. The Bertz CT molecular complexity index is 484. The Morgan fingerprint density at radius 2 is 2.07 bits per heavy atom. The van der Waals surface area contributed by atoms with Gasteiger partial charge in [0.05, 0.1) is 0 Å². The molecule has 0 amide bonds. The number of rotatable bonds is 2. The first-order valence-electron chi connectivity index (χ1n) is 4.35. The molecular formula is C10H11N3O. The first-order chi connectivity index (χ1) is 6.74. The third-order valence-corrected chi connectivity index (χ3v) is 1.89. The molecule has 3 N–H and O–H groups in total. The van der Waals surface area contributed by atoms with Crippen LogP contribution >= 0.6 is 0 Å². The Morgan fingerprint density at radius 3 is 2.71 bits per heavy atom. The zero-order valence-electron chi connectivity index (χ0n) is 7.79. The average Bonchev–Trinajstić information content (AvgIpc) is 2.51. The number of hydrogen-bond donors (Lipinski definition) is 3. The number of hydrogen-bond acceptors (Lipinski definition) is 2. The van der Waals surface area contributed by atoms with Crippen molar-refractivity contribution in [2.24, 2.45) is 0 Å². The van der Waals surface area contributed by atoms with E-state index in [1.165, 1.54) is 11.6 Å². The van der Waals surface area contributed by atoms with E-state index in [2.05, 4.69) is 15.5 Å². The van der Waals surface area contributed by atoms with Crippen LogP contribution in [0.5, 0.6) is 0 Å². The number of anilines is 2. The van der Waals surface area contributed by atoms with Crippen LogP contribution < -0.4 is 10.9 Å². The maximum atomic E-state index is 10.8. The predicted molar refractivity (Wildman–Crippen MR) is 55.9 cm³/mol. The van der Waals surface area contributed by atoms with Gasteiger partial charge in [-0.1, -0.05) is 12.1 Å². The molecule has 4 nitrogen and oxygen atoms in total. The fraction of sp³-hybridized carbons (Fsp3) is 0.100. The second-order valence-electron chi connectivity index (χ2n) is 3.17. The summed E-state index contributed by atoms with van der Waals surface area (Å²) in [6.45, 7) is 2.02. The molecule has 1 aromatic carbocycles. The van der Waals surface area contributed by atoms with Gasteiger partial charge in [0, 0.05) is 11.8 Å². The Balaban J connectivity index is 2.22. The average molecular weight is 189 g/mol. The first kappa shape index (κ1) is 8.62. The number of nitrogens with one attached hydrogen (secondary N) is 3. The van der Waals surface area contributed by atoms with Gasteiger partial charge in [0.2, 0.25) is 0 Å². The highest BCUT2D eigenvalue weighted by molar-refractivity contribution is 5.56. The van der Waals surface area contributed by atoms with E-state index in [1.807, 2.05) is 31.2 Å². The normalized spacial score (nSPS) is 10.1. The minimum absolute atomic E-state index is 0.139. The van der Waals surface area contributed by atoms with Gasteiger partial charge >= 0.3 is 0 Å². The van der Waals surface area contributed by atoms with E-state index in [9.17, 15) is 4.79 Å². The maximum absolute atomic E-state index is 10.8. The summed E-state index contributed by atoms with van der Waals surface area (Å²) >= 11 is 0. The van der Waals surface area contributed by atoms with Crippen LogP contribution in [0.15, 0.2) is 35.1 Å². The minimum Gasteiger partial charge on any atom is -0.341 e. The molecule has 1 heterocycles.